The lowest BCUT2D eigenvalue weighted by Crippen LogP contribution is -2.40. The van der Waals surface area contributed by atoms with Gasteiger partial charge in [-0.2, -0.15) is 0 Å². The molecule has 0 aliphatic heterocycles. The molecule has 3 N–H and O–H groups in total. The van der Waals surface area contributed by atoms with Crippen molar-refractivity contribution in [3.8, 4) is 0 Å². The lowest BCUT2D eigenvalue weighted by Gasteiger charge is -2.07. The van der Waals surface area contributed by atoms with Crippen molar-refractivity contribution in [2.75, 3.05) is 12.4 Å². The number of carboxylic acids is 2. The number of aliphatic carboxylic acids is 2. The van der Waals surface area contributed by atoms with Crippen LogP contribution in [0.2, 0.25) is 0 Å². The van der Waals surface area contributed by atoms with Crippen LogP contribution < -0.4 is 5.32 Å². The smallest absolute Gasteiger partial charge is 0.321 e. The van der Waals surface area contributed by atoms with E-state index in [1.54, 1.807) is 0 Å². The van der Waals surface area contributed by atoms with Crippen LogP contribution in [0.3, 0.4) is 0 Å². The van der Waals surface area contributed by atoms with Gasteiger partial charge in [-0.1, -0.05) is 0 Å². The fourth-order valence-corrected chi connectivity index (χ4v) is 0.659. The van der Waals surface area contributed by atoms with Gasteiger partial charge in [0.05, 0.1) is 6.54 Å². The second-order valence-electron chi connectivity index (χ2n) is 1.82. The van der Waals surface area contributed by atoms with Crippen molar-refractivity contribution < 1.29 is 19.8 Å². The van der Waals surface area contributed by atoms with Gasteiger partial charge in [0, 0.05) is 5.88 Å². The summed E-state index contributed by atoms with van der Waals surface area (Å²) in [5.41, 5.74) is 0. The molecule has 11 heavy (non-hydrogen) atoms. The largest absolute Gasteiger partial charge is 0.480 e. The first-order valence-corrected chi connectivity index (χ1v) is 3.35. The van der Waals surface area contributed by atoms with Gasteiger partial charge in [-0.15, -0.1) is 11.6 Å². The maximum Gasteiger partial charge on any atom is 0.321 e. The molecule has 0 aromatic heterocycles. The Balaban J connectivity index is 3.70. The molecule has 0 radical (unpaired) electrons. The van der Waals surface area contributed by atoms with Crippen molar-refractivity contribution in [1.29, 1.82) is 0 Å². The molecular formula is C5H8ClNO4. The predicted octanol–water partition coefficient (Wildman–Crippen LogP) is -0.647. The van der Waals surface area contributed by atoms with Crippen LogP contribution in [0.25, 0.3) is 0 Å². The molecule has 0 spiro atoms. The number of nitrogens with one attached hydrogen (secondary N) is 1. The second kappa shape index (κ2) is 4.92. The molecular weight excluding hydrogens is 174 g/mol. The second-order valence-corrected chi connectivity index (χ2v) is 2.13. The van der Waals surface area contributed by atoms with E-state index in [2.05, 4.69) is 5.32 Å². The summed E-state index contributed by atoms with van der Waals surface area (Å²) in [4.78, 5) is 20.1. The number of carboxylic acid groups (broad SMARTS) is 2. The number of alkyl halides is 1. The summed E-state index contributed by atoms with van der Waals surface area (Å²) in [5, 5.41) is 18.7. The first-order valence-electron chi connectivity index (χ1n) is 2.82. The number of carbonyl (C=O) groups is 2. The van der Waals surface area contributed by atoms with Crippen molar-refractivity contribution in [1.82, 2.24) is 5.32 Å². The maximum atomic E-state index is 10.2. The number of rotatable bonds is 5. The van der Waals surface area contributed by atoms with Crippen LogP contribution in [0.15, 0.2) is 0 Å². The van der Waals surface area contributed by atoms with Gasteiger partial charge in [0.1, 0.15) is 6.04 Å². The minimum atomic E-state index is -1.15. The molecule has 0 aliphatic carbocycles. The van der Waals surface area contributed by atoms with E-state index in [0.29, 0.717) is 0 Å². The quantitative estimate of drug-likeness (QED) is 0.491. The maximum absolute atomic E-state index is 10.2. The van der Waals surface area contributed by atoms with Gasteiger partial charge in [0.15, 0.2) is 0 Å². The van der Waals surface area contributed by atoms with Crippen LogP contribution >= 0.6 is 11.6 Å². The Morgan fingerprint density at radius 3 is 2.27 bits per heavy atom. The minimum Gasteiger partial charge on any atom is -0.480 e. The Hall–Kier alpha value is -0.810. The van der Waals surface area contributed by atoms with Crippen molar-refractivity contribution >= 4 is 23.5 Å². The van der Waals surface area contributed by atoms with E-state index in [4.69, 9.17) is 21.8 Å². The zero-order valence-electron chi connectivity index (χ0n) is 5.58. The molecule has 0 aromatic carbocycles. The van der Waals surface area contributed by atoms with E-state index in [1.165, 1.54) is 0 Å². The summed E-state index contributed by atoms with van der Waals surface area (Å²) in [7, 11) is 0. The summed E-state index contributed by atoms with van der Waals surface area (Å²) >= 11 is 5.21. The number of hydrogen-bond acceptors (Lipinski definition) is 3. The standard InChI is InChI=1S/C5H8ClNO4/c6-1-3(5(10)11)7-2-4(8)9/h3,7H,1-2H2,(H,8,9)(H,10,11)/t3-/m0/s1. The molecule has 1 atom stereocenters. The van der Waals surface area contributed by atoms with E-state index in [1.807, 2.05) is 0 Å². The lowest BCUT2D eigenvalue weighted by atomic mass is 10.3. The van der Waals surface area contributed by atoms with Gasteiger partial charge in [0.25, 0.3) is 0 Å². The van der Waals surface area contributed by atoms with Crippen LogP contribution in [-0.2, 0) is 9.59 Å². The third kappa shape index (κ3) is 4.58. The molecule has 6 heteroatoms. The molecule has 0 bridgehead atoms. The highest BCUT2D eigenvalue weighted by Crippen LogP contribution is 1.87. The van der Waals surface area contributed by atoms with Gasteiger partial charge < -0.3 is 10.2 Å². The third-order valence-corrected chi connectivity index (χ3v) is 1.26. The van der Waals surface area contributed by atoms with Crippen LogP contribution in [-0.4, -0.2) is 40.6 Å². The van der Waals surface area contributed by atoms with Gasteiger partial charge in [-0.25, -0.2) is 0 Å². The Bertz CT molecular complexity index is 161. The summed E-state index contributed by atoms with van der Waals surface area (Å²) in [6.07, 6.45) is 0. The Morgan fingerprint density at radius 2 is 2.00 bits per heavy atom. The van der Waals surface area contributed by atoms with E-state index in [0.717, 1.165) is 0 Å². The summed E-state index contributed by atoms with van der Waals surface area (Å²) < 4.78 is 0. The molecule has 0 saturated heterocycles. The Kier molecular flexibility index (Phi) is 4.56. The molecule has 0 amide bonds. The highest BCUT2D eigenvalue weighted by Gasteiger charge is 2.15. The highest BCUT2D eigenvalue weighted by atomic mass is 35.5. The fourth-order valence-electron chi connectivity index (χ4n) is 0.418. The fraction of sp³-hybridized carbons (Fsp3) is 0.600. The monoisotopic (exact) mass is 181 g/mol. The van der Waals surface area contributed by atoms with Crippen molar-refractivity contribution in [3.63, 3.8) is 0 Å². The highest BCUT2D eigenvalue weighted by molar-refractivity contribution is 6.19. The van der Waals surface area contributed by atoms with E-state index in [9.17, 15) is 9.59 Å². The summed E-state index contributed by atoms with van der Waals surface area (Å²) in [5.74, 6) is -2.41. The predicted molar refractivity (Wildman–Crippen MR) is 37.8 cm³/mol. The third-order valence-electron chi connectivity index (χ3n) is 0.952. The van der Waals surface area contributed by atoms with Crippen molar-refractivity contribution in [2.24, 2.45) is 0 Å². The van der Waals surface area contributed by atoms with Crippen LogP contribution in [0.5, 0.6) is 0 Å². The SMILES string of the molecule is O=C(O)CN[C@@H](CCl)C(=O)O. The lowest BCUT2D eigenvalue weighted by molar-refractivity contribution is -0.139. The number of hydrogen-bond donors (Lipinski definition) is 3. The first-order chi connectivity index (χ1) is 5.07. The van der Waals surface area contributed by atoms with E-state index < -0.39 is 24.5 Å². The molecule has 0 saturated carbocycles. The summed E-state index contributed by atoms with van der Waals surface area (Å²) in [6.45, 7) is -0.399. The first kappa shape index (κ1) is 10.2. The van der Waals surface area contributed by atoms with Gasteiger partial charge in [0.2, 0.25) is 0 Å². The van der Waals surface area contributed by atoms with Gasteiger partial charge in [-0.05, 0) is 0 Å². The van der Waals surface area contributed by atoms with Crippen molar-refractivity contribution in [2.45, 2.75) is 6.04 Å². The minimum absolute atomic E-state index is 0.150. The molecule has 0 heterocycles. The zero-order chi connectivity index (χ0) is 8.85. The van der Waals surface area contributed by atoms with Crippen LogP contribution in [0, 0.1) is 0 Å². The van der Waals surface area contributed by atoms with Gasteiger partial charge in [-0.3, -0.25) is 14.9 Å². The topological polar surface area (TPSA) is 86.6 Å². The average Bonchev–Trinajstić information content (AvgIpc) is 1.87. The number of halogens is 1. The molecule has 0 rings (SSSR count). The van der Waals surface area contributed by atoms with Crippen LogP contribution in [0.4, 0.5) is 0 Å². The molecule has 5 nitrogen and oxygen atoms in total. The Morgan fingerprint density at radius 1 is 1.45 bits per heavy atom. The normalized spacial score (nSPS) is 12.5. The van der Waals surface area contributed by atoms with Gasteiger partial charge >= 0.3 is 11.9 Å². The molecule has 0 fully saturated rings. The average molecular weight is 182 g/mol. The molecule has 0 unspecified atom stereocenters. The molecule has 0 aliphatic rings. The summed E-state index contributed by atoms with van der Waals surface area (Å²) in [6, 6.07) is -0.993. The van der Waals surface area contributed by atoms with E-state index >= 15 is 0 Å². The molecule has 0 aromatic rings. The molecule has 64 valence electrons. The zero-order valence-corrected chi connectivity index (χ0v) is 6.34. The van der Waals surface area contributed by atoms with Crippen LogP contribution in [0.1, 0.15) is 0 Å². The Labute approximate surface area is 68.0 Å². The van der Waals surface area contributed by atoms with E-state index in [-0.39, 0.29) is 5.88 Å². The van der Waals surface area contributed by atoms with Crippen molar-refractivity contribution in [3.05, 3.63) is 0 Å².